The van der Waals surface area contributed by atoms with Gasteiger partial charge in [-0.1, -0.05) is 0 Å². The average Bonchev–Trinajstić information content (AvgIpc) is 2.01. The van der Waals surface area contributed by atoms with Crippen LogP contribution in [0.2, 0.25) is 0 Å². The largest absolute Gasteiger partial charge is 0.355 e. The van der Waals surface area contributed by atoms with Crippen molar-refractivity contribution >= 4 is 17.7 Å². The number of hydrogen-bond acceptors (Lipinski definition) is 3. The van der Waals surface area contributed by atoms with Gasteiger partial charge in [0, 0.05) is 6.54 Å². The number of amides is 1. The average molecular weight is 202 g/mol. The van der Waals surface area contributed by atoms with E-state index in [1.165, 1.54) is 0 Å². The van der Waals surface area contributed by atoms with Crippen LogP contribution in [-0.2, 0) is 4.79 Å². The zero-order valence-corrected chi connectivity index (χ0v) is 9.12. The van der Waals surface area contributed by atoms with Crippen LogP contribution in [0.15, 0.2) is 0 Å². The molecule has 0 aliphatic carbocycles. The smallest absolute Gasteiger partial charge is 0.232 e. The van der Waals surface area contributed by atoms with Gasteiger partial charge >= 0.3 is 0 Å². The van der Waals surface area contributed by atoms with E-state index in [1.807, 2.05) is 13.8 Å². The molecule has 0 spiro atoms. The van der Waals surface area contributed by atoms with Crippen molar-refractivity contribution in [3.63, 3.8) is 0 Å². The molecule has 2 N–H and O–H groups in total. The highest BCUT2D eigenvalue weighted by Gasteiger charge is 2.19. The molecule has 1 aliphatic heterocycles. The Hall–Kier alpha value is -0.220. The number of rotatable bonds is 5. The number of carbonyl (C=O) groups excluding carboxylic acids is 1. The lowest BCUT2D eigenvalue weighted by Gasteiger charge is -2.27. The molecule has 0 radical (unpaired) electrons. The van der Waals surface area contributed by atoms with Gasteiger partial charge in [-0.3, -0.25) is 4.79 Å². The van der Waals surface area contributed by atoms with Crippen molar-refractivity contribution in [2.45, 2.75) is 19.1 Å². The van der Waals surface area contributed by atoms with E-state index in [0.717, 1.165) is 31.3 Å². The first-order valence-electron chi connectivity index (χ1n) is 4.84. The van der Waals surface area contributed by atoms with Gasteiger partial charge in [0.25, 0.3) is 0 Å². The molecule has 1 unspecified atom stereocenters. The second-order valence-electron chi connectivity index (χ2n) is 3.39. The third kappa shape index (κ3) is 3.56. The summed E-state index contributed by atoms with van der Waals surface area (Å²) in [6.45, 7) is 6.89. The molecule has 0 aromatic carbocycles. The highest BCUT2D eigenvalue weighted by atomic mass is 32.2. The van der Waals surface area contributed by atoms with Crippen LogP contribution in [0.1, 0.15) is 13.8 Å². The summed E-state index contributed by atoms with van der Waals surface area (Å²) in [6, 6.07) is 0. The molecule has 1 fully saturated rings. The number of hydrogen-bond donors (Lipinski definition) is 2. The maximum atomic E-state index is 11.3. The third-order valence-corrected chi connectivity index (χ3v) is 3.55. The first-order chi connectivity index (χ1) is 6.24. The lowest BCUT2D eigenvalue weighted by Crippen LogP contribution is -2.44. The van der Waals surface area contributed by atoms with Gasteiger partial charge < -0.3 is 10.6 Å². The fourth-order valence-electron chi connectivity index (χ4n) is 1.14. The Morgan fingerprint density at radius 3 is 2.85 bits per heavy atom. The van der Waals surface area contributed by atoms with Crippen LogP contribution in [-0.4, -0.2) is 36.5 Å². The highest BCUT2D eigenvalue weighted by molar-refractivity contribution is 8.00. The summed E-state index contributed by atoms with van der Waals surface area (Å²) >= 11 is 1.76. The molecule has 1 atom stereocenters. The maximum Gasteiger partial charge on any atom is 0.232 e. The van der Waals surface area contributed by atoms with Crippen molar-refractivity contribution < 1.29 is 4.79 Å². The topological polar surface area (TPSA) is 41.1 Å². The van der Waals surface area contributed by atoms with E-state index < -0.39 is 0 Å². The van der Waals surface area contributed by atoms with Crippen molar-refractivity contribution in [3.05, 3.63) is 0 Å². The number of carbonyl (C=O) groups is 1. The SMILES string of the molecule is CCNC(=O)C(C)SCC1CNC1. The van der Waals surface area contributed by atoms with Gasteiger partial charge in [-0.25, -0.2) is 0 Å². The summed E-state index contributed by atoms with van der Waals surface area (Å²) in [5.74, 6) is 2.05. The Morgan fingerprint density at radius 2 is 2.38 bits per heavy atom. The van der Waals surface area contributed by atoms with Crippen LogP contribution in [0.25, 0.3) is 0 Å². The van der Waals surface area contributed by atoms with Crippen molar-refractivity contribution in [2.24, 2.45) is 5.92 Å². The van der Waals surface area contributed by atoms with Gasteiger partial charge in [0.1, 0.15) is 0 Å². The molecule has 0 saturated carbocycles. The summed E-state index contributed by atoms with van der Waals surface area (Å²) in [4.78, 5) is 11.3. The van der Waals surface area contributed by atoms with E-state index in [-0.39, 0.29) is 11.2 Å². The molecule has 0 aromatic rings. The van der Waals surface area contributed by atoms with Gasteiger partial charge in [0.2, 0.25) is 5.91 Å². The second-order valence-corrected chi connectivity index (χ2v) is 4.77. The Bertz CT molecular complexity index is 171. The highest BCUT2D eigenvalue weighted by Crippen LogP contribution is 2.17. The lowest BCUT2D eigenvalue weighted by molar-refractivity contribution is -0.120. The molecule has 1 rings (SSSR count). The fraction of sp³-hybridized carbons (Fsp3) is 0.889. The van der Waals surface area contributed by atoms with Gasteiger partial charge in [-0.2, -0.15) is 0 Å². The first-order valence-corrected chi connectivity index (χ1v) is 5.89. The normalized spacial score (nSPS) is 19.2. The molecular formula is C9H18N2OS. The molecule has 1 amide bonds. The van der Waals surface area contributed by atoms with E-state index in [1.54, 1.807) is 11.8 Å². The predicted octanol–water partition coefficient (Wildman–Crippen LogP) is 0.464. The summed E-state index contributed by atoms with van der Waals surface area (Å²) < 4.78 is 0. The predicted molar refractivity (Wildman–Crippen MR) is 57.0 cm³/mol. The van der Waals surface area contributed by atoms with Crippen molar-refractivity contribution in [2.75, 3.05) is 25.4 Å². The minimum atomic E-state index is 0.0977. The minimum absolute atomic E-state index is 0.0977. The second kappa shape index (κ2) is 5.50. The van der Waals surface area contributed by atoms with E-state index in [9.17, 15) is 4.79 Å². The van der Waals surface area contributed by atoms with Gasteiger partial charge in [-0.05, 0) is 38.6 Å². The molecule has 4 heteroatoms. The third-order valence-electron chi connectivity index (χ3n) is 2.17. The van der Waals surface area contributed by atoms with E-state index >= 15 is 0 Å². The zero-order chi connectivity index (χ0) is 9.68. The first kappa shape index (κ1) is 10.9. The van der Waals surface area contributed by atoms with Crippen molar-refractivity contribution in [1.82, 2.24) is 10.6 Å². The van der Waals surface area contributed by atoms with Crippen LogP contribution >= 0.6 is 11.8 Å². The van der Waals surface area contributed by atoms with Gasteiger partial charge in [0.05, 0.1) is 5.25 Å². The lowest BCUT2D eigenvalue weighted by atomic mass is 10.1. The van der Waals surface area contributed by atoms with Crippen LogP contribution in [0, 0.1) is 5.92 Å². The Labute approximate surface area is 84.0 Å². The summed E-state index contributed by atoms with van der Waals surface area (Å²) in [6.07, 6.45) is 0. The summed E-state index contributed by atoms with van der Waals surface area (Å²) in [5.41, 5.74) is 0. The van der Waals surface area contributed by atoms with Gasteiger partial charge in [0.15, 0.2) is 0 Å². The van der Waals surface area contributed by atoms with Gasteiger partial charge in [-0.15, -0.1) is 11.8 Å². The standard InChI is InChI=1S/C9H18N2OS/c1-3-11-9(12)7(2)13-6-8-4-10-5-8/h7-8,10H,3-6H2,1-2H3,(H,11,12). The monoisotopic (exact) mass is 202 g/mol. The Morgan fingerprint density at radius 1 is 1.69 bits per heavy atom. The van der Waals surface area contributed by atoms with Crippen LogP contribution < -0.4 is 10.6 Å². The fourth-order valence-corrected chi connectivity index (χ4v) is 2.17. The Kier molecular flexibility index (Phi) is 4.59. The zero-order valence-electron chi connectivity index (χ0n) is 8.30. The number of thioether (sulfide) groups is 1. The molecule has 1 saturated heterocycles. The Balaban J connectivity index is 2.08. The quantitative estimate of drug-likeness (QED) is 0.680. The maximum absolute atomic E-state index is 11.3. The molecule has 1 heterocycles. The van der Waals surface area contributed by atoms with Crippen LogP contribution in [0.3, 0.4) is 0 Å². The summed E-state index contributed by atoms with van der Waals surface area (Å²) in [5, 5.41) is 6.15. The molecule has 3 nitrogen and oxygen atoms in total. The minimum Gasteiger partial charge on any atom is -0.355 e. The molecule has 0 aromatic heterocycles. The van der Waals surface area contributed by atoms with E-state index in [2.05, 4.69) is 10.6 Å². The van der Waals surface area contributed by atoms with Crippen LogP contribution in [0.5, 0.6) is 0 Å². The summed E-state index contributed by atoms with van der Waals surface area (Å²) in [7, 11) is 0. The molecule has 1 aliphatic rings. The van der Waals surface area contributed by atoms with Crippen molar-refractivity contribution in [3.8, 4) is 0 Å². The molecule has 0 bridgehead atoms. The van der Waals surface area contributed by atoms with Crippen LogP contribution in [0.4, 0.5) is 0 Å². The number of nitrogens with one attached hydrogen (secondary N) is 2. The molecule has 13 heavy (non-hydrogen) atoms. The van der Waals surface area contributed by atoms with E-state index in [0.29, 0.717) is 0 Å². The van der Waals surface area contributed by atoms with Crippen molar-refractivity contribution in [1.29, 1.82) is 0 Å². The van der Waals surface area contributed by atoms with E-state index in [4.69, 9.17) is 0 Å². The molecular weight excluding hydrogens is 184 g/mol. The molecule has 76 valence electrons.